The number of hydrogen-bond donors (Lipinski definition) is 1. The molecule has 0 saturated heterocycles. The summed E-state index contributed by atoms with van der Waals surface area (Å²) in [6.07, 6.45) is 2.60. The van der Waals surface area contributed by atoms with E-state index in [2.05, 4.69) is 25.2 Å². The van der Waals surface area contributed by atoms with Crippen LogP contribution >= 0.6 is 0 Å². The van der Waals surface area contributed by atoms with Gasteiger partial charge in [-0.15, -0.1) is 10.2 Å². The summed E-state index contributed by atoms with van der Waals surface area (Å²) >= 11 is 0. The molecule has 0 spiro atoms. The molecule has 0 aliphatic carbocycles. The van der Waals surface area contributed by atoms with Crippen LogP contribution in [-0.2, 0) is 13.0 Å². The number of nitrogens with zero attached hydrogens (tertiary/aromatic N) is 5. The molecular weight excluding hydrogens is 378 g/mol. The van der Waals surface area contributed by atoms with E-state index in [0.717, 1.165) is 29.5 Å². The first-order chi connectivity index (χ1) is 14.1. The number of fused-ring (bicyclic) bond motifs is 1. The van der Waals surface area contributed by atoms with Crippen LogP contribution in [0.1, 0.15) is 18.3 Å². The topological polar surface area (TPSA) is 67.0 Å². The van der Waals surface area contributed by atoms with E-state index >= 15 is 0 Å². The Labute approximate surface area is 168 Å². The number of pyridine rings is 1. The number of nitrogens with one attached hydrogen (secondary N) is 1. The first kappa shape index (κ1) is 20.5. The Kier molecular flexibility index (Phi) is 6.94. The molecule has 0 atom stereocenters. The van der Waals surface area contributed by atoms with E-state index in [1.165, 1.54) is 12.1 Å². The van der Waals surface area contributed by atoms with Gasteiger partial charge >= 0.3 is 6.61 Å². The smallest absolute Gasteiger partial charge is 0.387 e. The lowest BCUT2D eigenvalue weighted by Gasteiger charge is -2.22. The fourth-order valence-electron chi connectivity index (χ4n) is 2.92. The van der Waals surface area contributed by atoms with Crippen molar-refractivity contribution in [1.29, 1.82) is 0 Å². The predicted octanol–water partition coefficient (Wildman–Crippen LogP) is 2.97. The maximum Gasteiger partial charge on any atom is 0.387 e. The predicted molar refractivity (Wildman–Crippen MR) is 107 cm³/mol. The van der Waals surface area contributed by atoms with Crippen LogP contribution in [0.3, 0.4) is 0 Å². The van der Waals surface area contributed by atoms with Crippen LogP contribution in [-0.4, -0.2) is 52.2 Å². The van der Waals surface area contributed by atoms with E-state index in [9.17, 15) is 8.78 Å². The number of aromatic nitrogens is 3. The highest BCUT2D eigenvalue weighted by Crippen LogP contribution is 2.15. The highest BCUT2D eigenvalue weighted by molar-refractivity contribution is 5.79. The summed E-state index contributed by atoms with van der Waals surface area (Å²) in [7, 11) is 1.93. The zero-order valence-electron chi connectivity index (χ0n) is 16.4. The zero-order valence-corrected chi connectivity index (χ0v) is 16.4. The molecule has 154 valence electrons. The summed E-state index contributed by atoms with van der Waals surface area (Å²) in [5.74, 6) is 1.76. The molecule has 1 N–H and O–H groups in total. The van der Waals surface area contributed by atoms with Crippen LogP contribution in [0.5, 0.6) is 5.75 Å². The van der Waals surface area contributed by atoms with Gasteiger partial charge in [0.25, 0.3) is 0 Å². The minimum atomic E-state index is -2.82. The molecule has 7 nitrogen and oxygen atoms in total. The van der Waals surface area contributed by atoms with Crippen LogP contribution < -0.4 is 10.1 Å². The van der Waals surface area contributed by atoms with Crippen LogP contribution in [0.2, 0.25) is 0 Å². The van der Waals surface area contributed by atoms with Gasteiger partial charge < -0.3 is 15.0 Å². The average molecular weight is 402 g/mol. The largest absolute Gasteiger partial charge is 0.435 e. The number of aliphatic imine (C=N–C) groups is 1. The molecule has 9 heteroatoms. The van der Waals surface area contributed by atoms with E-state index in [1.807, 2.05) is 47.7 Å². The third kappa shape index (κ3) is 5.63. The Bertz CT molecular complexity index is 942. The molecule has 0 amide bonds. The lowest BCUT2D eigenvalue weighted by Crippen LogP contribution is -2.38. The molecule has 0 unspecified atom stereocenters. The Morgan fingerprint density at radius 1 is 1.21 bits per heavy atom. The molecule has 0 aliphatic rings. The second-order valence-corrected chi connectivity index (χ2v) is 6.41. The minimum absolute atomic E-state index is 0.146. The van der Waals surface area contributed by atoms with Crippen molar-refractivity contribution in [2.75, 3.05) is 20.1 Å². The van der Waals surface area contributed by atoms with Crippen molar-refractivity contribution in [2.45, 2.75) is 26.5 Å². The van der Waals surface area contributed by atoms with Crippen molar-refractivity contribution >= 4 is 11.6 Å². The van der Waals surface area contributed by atoms with E-state index < -0.39 is 6.61 Å². The molecule has 0 fully saturated rings. The Morgan fingerprint density at radius 2 is 2.00 bits per heavy atom. The van der Waals surface area contributed by atoms with Crippen molar-refractivity contribution in [3.8, 4) is 5.75 Å². The van der Waals surface area contributed by atoms with Gasteiger partial charge in [0, 0.05) is 39.3 Å². The molecule has 2 aromatic heterocycles. The van der Waals surface area contributed by atoms with Gasteiger partial charge in [-0.05, 0) is 36.8 Å². The molecule has 29 heavy (non-hydrogen) atoms. The van der Waals surface area contributed by atoms with E-state index in [1.54, 1.807) is 12.1 Å². The molecular formula is C20H24F2N6O. The summed E-state index contributed by atoms with van der Waals surface area (Å²) < 4.78 is 30.9. The number of rotatable bonds is 8. The van der Waals surface area contributed by atoms with Crippen LogP contribution in [0.15, 0.2) is 53.7 Å². The molecule has 2 heterocycles. The van der Waals surface area contributed by atoms with Crippen molar-refractivity contribution in [2.24, 2.45) is 4.99 Å². The Hall–Kier alpha value is -3.23. The summed E-state index contributed by atoms with van der Waals surface area (Å²) in [5.41, 5.74) is 1.78. The van der Waals surface area contributed by atoms with Gasteiger partial charge in [0.15, 0.2) is 11.6 Å². The second-order valence-electron chi connectivity index (χ2n) is 6.41. The van der Waals surface area contributed by atoms with Crippen molar-refractivity contribution in [3.63, 3.8) is 0 Å². The van der Waals surface area contributed by atoms with Crippen molar-refractivity contribution in [1.82, 2.24) is 24.8 Å². The summed E-state index contributed by atoms with van der Waals surface area (Å²) in [4.78, 5) is 6.66. The summed E-state index contributed by atoms with van der Waals surface area (Å²) in [6.45, 7) is 1.06. The molecule has 3 aromatic rings. The van der Waals surface area contributed by atoms with Crippen LogP contribution in [0, 0.1) is 0 Å². The average Bonchev–Trinajstić information content (AvgIpc) is 3.11. The molecule has 0 aliphatic heterocycles. The van der Waals surface area contributed by atoms with Gasteiger partial charge in [-0.3, -0.25) is 9.39 Å². The van der Waals surface area contributed by atoms with E-state index in [-0.39, 0.29) is 5.75 Å². The van der Waals surface area contributed by atoms with Gasteiger partial charge in [0.05, 0.1) is 0 Å². The maximum absolute atomic E-state index is 12.3. The molecule has 3 rings (SSSR count). The lowest BCUT2D eigenvalue weighted by atomic mass is 10.2. The number of alkyl halides is 2. The SMILES string of the molecule is CCNC(=NCCc1nnc2ccccn12)N(C)Cc1ccc(OC(F)F)cc1. The number of hydrogen-bond acceptors (Lipinski definition) is 4. The third-order valence-corrected chi connectivity index (χ3v) is 4.25. The number of benzene rings is 1. The number of guanidine groups is 1. The Morgan fingerprint density at radius 3 is 2.72 bits per heavy atom. The summed E-state index contributed by atoms with van der Waals surface area (Å²) in [5, 5.41) is 11.6. The fraction of sp³-hybridized carbons (Fsp3) is 0.350. The summed E-state index contributed by atoms with van der Waals surface area (Å²) in [6, 6.07) is 12.4. The lowest BCUT2D eigenvalue weighted by molar-refractivity contribution is -0.0498. The highest BCUT2D eigenvalue weighted by atomic mass is 19.3. The normalized spacial score (nSPS) is 11.8. The van der Waals surface area contributed by atoms with Gasteiger partial charge in [0.1, 0.15) is 11.6 Å². The zero-order chi connectivity index (χ0) is 20.6. The van der Waals surface area contributed by atoms with Crippen LogP contribution in [0.25, 0.3) is 5.65 Å². The van der Waals surface area contributed by atoms with Crippen molar-refractivity contribution in [3.05, 3.63) is 60.0 Å². The van der Waals surface area contributed by atoms with Gasteiger partial charge in [-0.25, -0.2) is 0 Å². The number of halogens is 2. The first-order valence-corrected chi connectivity index (χ1v) is 9.38. The fourth-order valence-corrected chi connectivity index (χ4v) is 2.92. The molecule has 0 bridgehead atoms. The van der Waals surface area contributed by atoms with Gasteiger partial charge in [-0.1, -0.05) is 18.2 Å². The maximum atomic E-state index is 12.3. The third-order valence-electron chi connectivity index (χ3n) is 4.25. The van der Waals surface area contributed by atoms with Gasteiger partial charge in [0.2, 0.25) is 0 Å². The van der Waals surface area contributed by atoms with E-state index in [4.69, 9.17) is 0 Å². The van der Waals surface area contributed by atoms with Gasteiger partial charge in [-0.2, -0.15) is 8.78 Å². The highest BCUT2D eigenvalue weighted by Gasteiger charge is 2.09. The quantitative estimate of drug-likeness (QED) is 0.464. The van der Waals surface area contributed by atoms with Crippen LogP contribution in [0.4, 0.5) is 8.78 Å². The van der Waals surface area contributed by atoms with Crippen molar-refractivity contribution < 1.29 is 13.5 Å². The molecule has 1 aromatic carbocycles. The molecule has 0 radical (unpaired) electrons. The minimum Gasteiger partial charge on any atom is -0.435 e. The first-order valence-electron chi connectivity index (χ1n) is 9.38. The monoisotopic (exact) mass is 402 g/mol. The Balaban J connectivity index is 1.61. The second kappa shape index (κ2) is 9.81. The standard InChI is InChI=1S/C20H24F2N6O/c1-3-23-20(24-12-11-18-26-25-17-6-4-5-13-28(17)18)27(2)14-15-7-9-16(10-8-15)29-19(21)22/h4-10,13,19H,3,11-12,14H2,1-2H3,(H,23,24). The van der Waals surface area contributed by atoms with E-state index in [0.29, 0.717) is 19.5 Å². The number of ether oxygens (including phenoxy) is 1. The molecule has 0 saturated carbocycles.